The zero-order valence-corrected chi connectivity index (χ0v) is 10.7. The Labute approximate surface area is 107 Å². The third kappa shape index (κ3) is 2.28. The van der Waals surface area contributed by atoms with Crippen molar-refractivity contribution in [2.45, 2.75) is 26.2 Å². The molecule has 0 amide bonds. The van der Waals surface area contributed by atoms with E-state index in [1.807, 2.05) is 18.2 Å². The van der Waals surface area contributed by atoms with Gasteiger partial charge in [-0.05, 0) is 42.9 Å². The molecule has 1 aromatic carbocycles. The Balaban J connectivity index is 1.67. The maximum absolute atomic E-state index is 5.75. The molecule has 1 fully saturated rings. The molecule has 1 aromatic heterocycles. The number of nitrogens with one attached hydrogen (secondary N) is 2. The van der Waals surface area contributed by atoms with Crippen LogP contribution < -0.4 is 11.1 Å². The molecule has 0 radical (unpaired) electrons. The van der Waals surface area contributed by atoms with Gasteiger partial charge in [-0.15, -0.1) is 0 Å². The van der Waals surface area contributed by atoms with Crippen molar-refractivity contribution in [2.24, 2.45) is 11.8 Å². The molecule has 2 unspecified atom stereocenters. The minimum absolute atomic E-state index is 0.766. The fourth-order valence-corrected chi connectivity index (χ4v) is 2.86. The number of fused-ring (bicyclic) bond motifs is 1. The Kier molecular flexibility index (Phi) is 2.86. The summed E-state index contributed by atoms with van der Waals surface area (Å²) >= 11 is 0. The Bertz CT molecular complexity index is 546. The van der Waals surface area contributed by atoms with E-state index in [2.05, 4.69) is 22.2 Å². The van der Waals surface area contributed by atoms with E-state index in [1.165, 1.54) is 19.3 Å². The standard InChI is InChI=1S/C14H20N4/c1-9-2-3-10(6-9)8-16-14-17-12-5-4-11(15)7-13(12)18-14/h4-5,7,9-10H,2-3,6,8,15H2,1H3,(H2,16,17,18). The molecular weight excluding hydrogens is 224 g/mol. The van der Waals surface area contributed by atoms with Crippen LogP contribution in [0.5, 0.6) is 0 Å². The zero-order chi connectivity index (χ0) is 12.5. The molecule has 1 aliphatic carbocycles. The van der Waals surface area contributed by atoms with Gasteiger partial charge >= 0.3 is 0 Å². The monoisotopic (exact) mass is 244 g/mol. The maximum atomic E-state index is 5.75. The fourth-order valence-electron chi connectivity index (χ4n) is 2.86. The number of aromatic amines is 1. The van der Waals surface area contributed by atoms with Crippen molar-refractivity contribution in [1.82, 2.24) is 9.97 Å². The highest BCUT2D eigenvalue weighted by Gasteiger charge is 2.21. The van der Waals surface area contributed by atoms with Gasteiger partial charge in [0.2, 0.25) is 5.95 Å². The second-order valence-electron chi connectivity index (χ2n) is 5.53. The number of imidazole rings is 1. The van der Waals surface area contributed by atoms with E-state index in [1.54, 1.807) is 0 Å². The second-order valence-corrected chi connectivity index (χ2v) is 5.53. The van der Waals surface area contributed by atoms with Gasteiger partial charge in [-0.1, -0.05) is 13.3 Å². The summed E-state index contributed by atoms with van der Waals surface area (Å²) in [5.74, 6) is 2.53. The topological polar surface area (TPSA) is 66.7 Å². The third-order valence-electron chi connectivity index (χ3n) is 3.87. The molecule has 4 nitrogen and oxygen atoms in total. The Morgan fingerprint density at radius 2 is 2.33 bits per heavy atom. The summed E-state index contributed by atoms with van der Waals surface area (Å²) in [7, 11) is 0. The molecule has 96 valence electrons. The largest absolute Gasteiger partial charge is 0.399 e. The molecule has 0 saturated heterocycles. The van der Waals surface area contributed by atoms with Crippen molar-refractivity contribution in [1.29, 1.82) is 0 Å². The fraction of sp³-hybridized carbons (Fsp3) is 0.500. The molecule has 3 rings (SSSR count). The molecule has 4 heteroatoms. The first-order valence-electron chi connectivity index (χ1n) is 6.70. The van der Waals surface area contributed by atoms with Gasteiger partial charge in [-0.25, -0.2) is 4.98 Å². The summed E-state index contributed by atoms with van der Waals surface area (Å²) in [5, 5.41) is 3.41. The van der Waals surface area contributed by atoms with Crippen LogP contribution in [0.3, 0.4) is 0 Å². The number of hydrogen-bond donors (Lipinski definition) is 3. The van der Waals surface area contributed by atoms with Crippen molar-refractivity contribution in [3.8, 4) is 0 Å². The highest BCUT2D eigenvalue weighted by Crippen LogP contribution is 2.30. The van der Waals surface area contributed by atoms with Crippen LogP contribution in [0.25, 0.3) is 11.0 Å². The molecular formula is C14H20N4. The van der Waals surface area contributed by atoms with Crippen LogP contribution in [-0.4, -0.2) is 16.5 Å². The van der Waals surface area contributed by atoms with Crippen molar-refractivity contribution in [3.63, 3.8) is 0 Å². The average molecular weight is 244 g/mol. The van der Waals surface area contributed by atoms with Crippen molar-refractivity contribution >= 4 is 22.7 Å². The summed E-state index contributed by atoms with van der Waals surface area (Å²) in [6.45, 7) is 3.35. The number of anilines is 2. The van der Waals surface area contributed by atoms with E-state index in [4.69, 9.17) is 5.73 Å². The van der Waals surface area contributed by atoms with Crippen LogP contribution in [0.4, 0.5) is 11.6 Å². The van der Waals surface area contributed by atoms with Gasteiger partial charge < -0.3 is 16.0 Å². The quantitative estimate of drug-likeness (QED) is 0.727. The Hall–Kier alpha value is -1.71. The van der Waals surface area contributed by atoms with Crippen LogP contribution >= 0.6 is 0 Å². The van der Waals surface area contributed by atoms with Crippen LogP contribution in [0.2, 0.25) is 0 Å². The molecule has 0 bridgehead atoms. The first-order valence-corrected chi connectivity index (χ1v) is 6.70. The smallest absolute Gasteiger partial charge is 0.201 e. The van der Waals surface area contributed by atoms with Gasteiger partial charge in [0.25, 0.3) is 0 Å². The van der Waals surface area contributed by atoms with Gasteiger partial charge in [0.1, 0.15) is 0 Å². The summed E-state index contributed by atoms with van der Waals surface area (Å²) in [5.41, 5.74) is 8.48. The average Bonchev–Trinajstić information content (AvgIpc) is 2.92. The molecule has 0 spiro atoms. The lowest BCUT2D eigenvalue weighted by molar-refractivity contribution is 0.536. The van der Waals surface area contributed by atoms with Crippen LogP contribution in [0.15, 0.2) is 18.2 Å². The number of H-pyrrole nitrogens is 1. The summed E-state index contributed by atoms with van der Waals surface area (Å²) < 4.78 is 0. The SMILES string of the molecule is CC1CCC(CNc2nc3ccc(N)cc3[nH]2)C1. The lowest BCUT2D eigenvalue weighted by Crippen LogP contribution is -2.12. The highest BCUT2D eigenvalue weighted by molar-refractivity contribution is 5.80. The second kappa shape index (κ2) is 4.52. The van der Waals surface area contributed by atoms with E-state index in [9.17, 15) is 0 Å². The minimum atomic E-state index is 0.766. The van der Waals surface area contributed by atoms with Crippen molar-refractivity contribution in [2.75, 3.05) is 17.6 Å². The van der Waals surface area contributed by atoms with Gasteiger partial charge in [0.05, 0.1) is 11.0 Å². The van der Waals surface area contributed by atoms with E-state index in [0.717, 1.165) is 41.0 Å². The predicted molar refractivity (Wildman–Crippen MR) is 75.5 cm³/mol. The molecule has 2 atom stereocenters. The van der Waals surface area contributed by atoms with Gasteiger partial charge in [0, 0.05) is 12.2 Å². The Morgan fingerprint density at radius 3 is 3.11 bits per heavy atom. The number of benzene rings is 1. The first-order chi connectivity index (χ1) is 8.70. The highest BCUT2D eigenvalue weighted by atomic mass is 15.1. The number of rotatable bonds is 3. The molecule has 2 aromatic rings. The number of hydrogen-bond acceptors (Lipinski definition) is 3. The summed E-state index contributed by atoms with van der Waals surface area (Å²) in [6, 6.07) is 5.75. The summed E-state index contributed by atoms with van der Waals surface area (Å²) in [4.78, 5) is 7.78. The van der Waals surface area contributed by atoms with Gasteiger partial charge in [-0.3, -0.25) is 0 Å². The van der Waals surface area contributed by atoms with Gasteiger partial charge in [-0.2, -0.15) is 0 Å². The number of nitrogens with two attached hydrogens (primary N) is 1. The summed E-state index contributed by atoms with van der Waals surface area (Å²) in [6.07, 6.45) is 4.03. The van der Waals surface area contributed by atoms with Crippen LogP contribution in [-0.2, 0) is 0 Å². The van der Waals surface area contributed by atoms with Crippen molar-refractivity contribution in [3.05, 3.63) is 18.2 Å². The van der Waals surface area contributed by atoms with Crippen LogP contribution in [0, 0.1) is 11.8 Å². The van der Waals surface area contributed by atoms with E-state index < -0.39 is 0 Å². The molecule has 1 saturated carbocycles. The molecule has 1 heterocycles. The predicted octanol–water partition coefficient (Wildman–Crippen LogP) is 2.99. The Morgan fingerprint density at radius 1 is 1.44 bits per heavy atom. The maximum Gasteiger partial charge on any atom is 0.201 e. The zero-order valence-electron chi connectivity index (χ0n) is 10.7. The minimum Gasteiger partial charge on any atom is -0.399 e. The molecule has 1 aliphatic rings. The lowest BCUT2D eigenvalue weighted by atomic mass is 10.1. The molecule has 18 heavy (non-hydrogen) atoms. The first kappa shape index (κ1) is 11.4. The van der Waals surface area contributed by atoms with Crippen molar-refractivity contribution < 1.29 is 0 Å². The lowest BCUT2D eigenvalue weighted by Gasteiger charge is -2.09. The third-order valence-corrected chi connectivity index (χ3v) is 3.87. The van der Waals surface area contributed by atoms with Gasteiger partial charge in [0.15, 0.2) is 0 Å². The molecule has 4 N–H and O–H groups in total. The van der Waals surface area contributed by atoms with Crippen LogP contribution in [0.1, 0.15) is 26.2 Å². The number of nitrogen functional groups attached to an aromatic ring is 1. The van der Waals surface area contributed by atoms with E-state index in [-0.39, 0.29) is 0 Å². The molecule has 0 aliphatic heterocycles. The van der Waals surface area contributed by atoms with E-state index >= 15 is 0 Å². The number of nitrogens with zero attached hydrogens (tertiary/aromatic N) is 1. The van der Waals surface area contributed by atoms with E-state index in [0.29, 0.717) is 0 Å². The number of aromatic nitrogens is 2. The normalized spacial score (nSPS) is 23.6.